The number of aryl methyl sites for hydroxylation is 2. The van der Waals surface area contributed by atoms with E-state index >= 15 is 0 Å². The Balaban J connectivity index is 2.14. The van der Waals surface area contributed by atoms with E-state index in [9.17, 15) is 0 Å². The van der Waals surface area contributed by atoms with Crippen LogP contribution >= 0.6 is 0 Å². The average Bonchev–Trinajstić information content (AvgIpc) is 2.64. The Morgan fingerprint density at radius 2 is 1.87 bits per heavy atom. The highest BCUT2D eigenvalue weighted by atomic mass is 15.6. The molecule has 76 valence electrons. The van der Waals surface area contributed by atoms with Crippen molar-refractivity contribution in [3.63, 3.8) is 0 Å². The van der Waals surface area contributed by atoms with Gasteiger partial charge in [-0.2, -0.15) is 4.80 Å². The van der Waals surface area contributed by atoms with Gasteiger partial charge in [-0.3, -0.25) is 0 Å². The lowest BCUT2D eigenvalue weighted by molar-refractivity contribution is 0.629. The Morgan fingerprint density at radius 3 is 2.47 bits per heavy atom. The monoisotopic (exact) mass is 200 g/mol. The van der Waals surface area contributed by atoms with E-state index in [0.29, 0.717) is 5.82 Å². The van der Waals surface area contributed by atoms with Crippen LogP contribution in [0.1, 0.15) is 17.0 Å². The third-order valence-electron chi connectivity index (χ3n) is 2.03. The second-order valence-corrected chi connectivity index (χ2v) is 3.38. The van der Waals surface area contributed by atoms with E-state index in [1.54, 1.807) is 7.05 Å². The van der Waals surface area contributed by atoms with Gasteiger partial charge in [-0.25, -0.2) is 0 Å². The minimum Gasteiger partial charge on any atom is -0.167 e. The van der Waals surface area contributed by atoms with Crippen LogP contribution in [0.25, 0.3) is 12.2 Å². The summed E-state index contributed by atoms with van der Waals surface area (Å²) in [5.74, 6) is 0.623. The Bertz CT molecular complexity index is 468. The van der Waals surface area contributed by atoms with Crippen LogP contribution in [0.3, 0.4) is 0 Å². The van der Waals surface area contributed by atoms with Crippen molar-refractivity contribution < 1.29 is 0 Å². The highest BCUT2D eigenvalue weighted by Crippen LogP contribution is 2.06. The van der Waals surface area contributed by atoms with Gasteiger partial charge >= 0.3 is 0 Å². The molecule has 1 heterocycles. The molecule has 0 unspecified atom stereocenters. The normalized spacial score (nSPS) is 11.1. The maximum Gasteiger partial charge on any atom is 0.197 e. The highest BCUT2D eigenvalue weighted by Gasteiger charge is 1.93. The SMILES string of the molecule is Cc1ccc(/C=C/c2nnn(C)n2)cc1. The van der Waals surface area contributed by atoms with E-state index in [1.165, 1.54) is 10.4 Å². The third-order valence-corrected chi connectivity index (χ3v) is 2.03. The van der Waals surface area contributed by atoms with E-state index in [1.807, 2.05) is 12.2 Å². The maximum atomic E-state index is 4.05. The molecule has 0 aliphatic rings. The van der Waals surface area contributed by atoms with Gasteiger partial charge in [-0.05, 0) is 23.8 Å². The summed E-state index contributed by atoms with van der Waals surface area (Å²) in [7, 11) is 1.75. The molecule has 0 spiro atoms. The van der Waals surface area contributed by atoms with Crippen molar-refractivity contribution in [1.82, 2.24) is 20.2 Å². The molecule has 2 rings (SSSR count). The quantitative estimate of drug-likeness (QED) is 0.741. The zero-order chi connectivity index (χ0) is 10.7. The van der Waals surface area contributed by atoms with Crippen LogP contribution in [0.5, 0.6) is 0 Å². The lowest BCUT2D eigenvalue weighted by Gasteiger charge is -1.93. The zero-order valence-corrected chi connectivity index (χ0v) is 8.75. The molecule has 0 amide bonds. The number of aromatic nitrogens is 4. The minimum atomic E-state index is 0.623. The molecule has 4 heteroatoms. The predicted octanol–water partition coefficient (Wildman–Crippen LogP) is 1.69. The molecular weight excluding hydrogens is 188 g/mol. The number of hydrogen-bond donors (Lipinski definition) is 0. The summed E-state index contributed by atoms with van der Waals surface area (Å²) in [6.45, 7) is 2.07. The standard InChI is InChI=1S/C11H12N4/c1-9-3-5-10(6-4-9)7-8-11-12-14-15(2)13-11/h3-8H,1-2H3/b8-7+. The van der Waals surface area contributed by atoms with Crippen molar-refractivity contribution in [2.75, 3.05) is 0 Å². The Hall–Kier alpha value is -1.97. The van der Waals surface area contributed by atoms with E-state index in [2.05, 4.69) is 46.6 Å². The Kier molecular flexibility index (Phi) is 2.58. The molecular formula is C11H12N4. The summed E-state index contributed by atoms with van der Waals surface area (Å²) >= 11 is 0. The first kappa shape index (κ1) is 9.58. The van der Waals surface area contributed by atoms with Gasteiger partial charge in [0.05, 0.1) is 7.05 Å². The second-order valence-electron chi connectivity index (χ2n) is 3.38. The van der Waals surface area contributed by atoms with Gasteiger partial charge in [0.1, 0.15) is 0 Å². The van der Waals surface area contributed by atoms with E-state index in [0.717, 1.165) is 5.56 Å². The van der Waals surface area contributed by atoms with Gasteiger partial charge in [-0.1, -0.05) is 35.9 Å². The van der Waals surface area contributed by atoms with E-state index in [-0.39, 0.29) is 0 Å². The van der Waals surface area contributed by atoms with Crippen molar-refractivity contribution in [2.45, 2.75) is 6.92 Å². The number of nitrogens with zero attached hydrogens (tertiary/aromatic N) is 4. The van der Waals surface area contributed by atoms with Crippen molar-refractivity contribution in [3.05, 3.63) is 41.2 Å². The van der Waals surface area contributed by atoms with Crippen LogP contribution in [0.2, 0.25) is 0 Å². The molecule has 0 radical (unpaired) electrons. The molecule has 2 aromatic rings. The summed E-state index contributed by atoms with van der Waals surface area (Å²) in [5.41, 5.74) is 2.39. The molecule has 1 aromatic carbocycles. The predicted molar refractivity (Wildman–Crippen MR) is 58.9 cm³/mol. The minimum absolute atomic E-state index is 0.623. The van der Waals surface area contributed by atoms with Gasteiger partial charge in [0.2, 0.25) is 0 Å². The second kappa shape index (κ2) is 4.04. The fourth-order valence-electron chi connectivity index (χ4n) is 1.21. The molecule has 0 N–H and O–H groups in total. The van der Waals surface area contributed by atoms with Crippen molar-refractivity contribution in [2.24, 2.45) is 7.05 Å². The molecule has 0 fully saturated rings. The summed E-state index contributed by atoms with van der Waals surface area (Å²) in [4.78, 5) is 1.44. The van der Waals surface area contributed by atoms with Crippen LogP contribution in [0, 0.1) is 6.92 Å². The number of benzene rings is 1. The van der Waals surface area contributed by atoms with Crippen molar-refractivity contribution in [3.8, 4) is 0 Å². The molecule has 0 aliphatic heterocycles. The number of hydrogen-bond acceptors (Lipinski definition) is 3. The van der Waals surface area contributed by atoms with E-state index < -0.39 is 0 Å². The van der Waals surface area contributed by atoms with E-state index in [4.69, 9.17) is 0 Å². The molecule has 0 atom stereocenters. The molecule has 0 saturated heterocycles. The summed E-state index contributed by atoms with van der Waals surface area (Å²) in [5, 5.41) is 11.7. The van der Waals surface area contributed by atoms with Crippen LogP contribution in [-0.2, 0) is 7.05 Å². The summed E-state index contributed by atoms with van der Waals surface area (Å²) in [6, 6.07) is 8.26. The van der Waals surface area contributed by atoms with Gasteiger partial charge < -0.3 is 0 Å². The van der Waals surface area contributed by atoms with Gasteiger partial charge in [0.25, 0.3) is 0 Å². The van der Waals surface area contributed by atoms with Gasteiger partial charge in [-0.15, -0.1) is 10.2 Å². The molecule has 0 saturated carbocycles. The Morgan fingerprint density at radius 1 is 1.13 bits per heavy atom. The first-order valence-electron chi connectivity index (χ1n) is 4.73. The molecule has 1 aromatic heterocycles. The van der Waals surface area contributed by atoms with Gasteiger partial charge in [0, 0.05) is 0 Å². The third kappa shape index (κ3) is 2.49. The van der Waals surface area contributed by atoms with Crippen LogP contribution in [-0.4, -0.2) is 20.2 Å². The first-order chi connectivity index (χ1) is 7.24. The van der Waals surface area contributed by atoms with Crippen LogP contribution in [0.4, 0.5) is 0 Å². The largest absolute Gasteiger partial charge is 0.197 e. The molecule has 4 nitrogen and oxygen atoms in total. The highest BCUT2D eigenvalue weighted by molar-refractivity contribution is 5.66. The first-order valence-corrected chi connectivity index (χ1v) is 4.73. The van der Waals surface area contributed by atoms with Crippen molar-refractivity contribution >= 4 is 12.2 Å². The topological polar surface area (TPSA) is 43.6 Å². The number of tetrazole rings is 1. The maximum absolute atomic E-state index is 4.05. The lowest BCUT2D eigenvalue weighted by Crippen LogP contribution is -1.91. The lowest BCUT2D eigenvalue weighted by atomic mass is 10.1. The molecule has 0 aliphatic carbocycles. The van der Waals surface area contributed by atoms with Crippen molar-refractivity contribution in [1.29, 1.82) is 0 Å². The Labute approximate surface area is 88.2 Å². The molecule has 0 bridgehead atoms. The van der Waals surface area contributed by atoms with Crippen LogP contribution in [0.15, 0.2) is 24.3 Å². The smallest absolute Gasteiger partial charge is 0.167 e. The average molecular weight is 200 g/mol. The molecule has 15 heavy (non-hydrogen) atoms. The van der Waals surface area contributed by atoms with Crippen LogP contribution < -0.4 is 0 Å². The fourth-order valence-corrected chi connectivity index (χ4v) is 1.21. The zero-order valence-electron chi connectivity index (χ0n) is 8.75. The van der Waals surface area contributed by atoms with Gasteiger partial charge in [0.15, 0.2) is 5.82 Å². The fraction of sp³-hybridized carbons (Fsp3) is 0.182. The number of rotatable bonds is 2. The summed E-state index contributed by atoms with van der Waals surface area (Å²) < 4.78 is 0. The summed E-state index contributed by atoms with van der Waals surface area (Å²) in [6.07, 6.45) is 3.81.